The summed E-state index contributed by atoms with van der Waals surface area (Å²) in [7, 11) is 1.16. The van der Waals surface area contributed by atoms with Gasteiger partial charge in [0.05, 0.1) is 35.2 Å². The van der Waals surface area contributed by atoms with Gasteiger partial charge < -0.3 is 29.6 Å². The van der Waals surface area contributed by atoms with Crippen molar-refractivity contribution in [2.45, 2.75) is 32.4 Å². The number of aliphatic hydroxyl groups is 1. The van der Waals surface area contributed by atoms with E-state index in [-0.39, 0.29) is 12.6 Å². The van der Waals surface area contributed by atoms with Crippen LogP contribution in [-0.4, -0.2) is 46.1 Å². The van der Waals surface area contributed by atoms with E-state index in [4.69, 9.17) is 18.8 Å². The maximum atomic E-state index is 10.1. The van der Waals surface area contributed by atoms with Crippen molar-refractivity contribution >= 4 is 29.9 Å². The minimum Gasteiger partial charge on any atom is -0.410 e. The van der Waals surface area contributed by atoms with Crippen LogP contribution in [0.25, 0.3) is 11.5 Å². The number of nitrogens with one attached hydrogen (secondary N) is 2. The maximum absolute atomic E-state index is 10.1. The molecule has 1 aromatic carbocycles. The third kappa shape index (κ3) is 4.68. The molecule has 0 fully saturated rings. The zero-order valence-electron chi connectivity index (χ0n) is 20.5. The number of rotatable bonds is 8. The van der Waals surface area contributed by atoms with Gasteiger partial charge >= 0.3 is 7.12 Å². The minimum atomic E-state index is -0.586. The summed E-state index contributed by atoms with van der Waals surface area (Å²) in [5, 5.41) is 20.7. The number of anilines is 3. The molecular formula is C25H27BN6O4. The molecule has 36 heavy (non-hydrogen) atoms. The lowest BCUT2D eigenvalue weighted by Crippen LogP contribution is -2.31. The highest BCUT2D eigenvalue weighted by molar-refractivity contribution is 6.63. The van der Waals surface area contributed by atoms with E-state index in [1.54, 1.807) is 20.2 Å². The Kier molecular flexibility index (Phi) is 6.44. The molecule has 1 atom stereocenters. The van der Waals surface area contributed by atoms with E-state index in [2.05, 4.69) is 25.8 Å². The molecule has 184 valence electrons. The highest BCUT2D eigenvalue weighted by Gasteiger charge is 2.43. The van der Waals surface area contributed by atoms with Gasteiger partial charge in [0.25, 0.3) is 5.89 Å². The van der Waals surface area contributed by atoms with E-state index in [0.29, 0.717) is 34.6 Å². The first-order chi connectivity index (χ1) is 17.4. The monoisotopic (exact) mass is 486 g/mol. The summed E-state index contributed by atoms with van der Waals surface area (Å²) in [6.45, 7) is 5.56. The summed E-state index contributed by atoms with van der Waals surface area (Å²) in [5.41, 5.74) is 3.35. The normalized spacial score (nSPS) is 15.0. The molecule has 3 N–H and O–H groups in total. The lowest BCUT2D eigenvalue weighted by molar-refractivity contribution is 0.0895. The third-order valence-electron chi connectivity index (χ3n) is 6.00. The first kappa shape index (κ1) is 23.9. The number of fused-ring (bicyclic) bond motifs is 1. The SMILES string of the molecule is COB1OC(C)(C)c2nc(Nc3cc(N[C@H](CO)c4ccccc4)c(-c4nc(C)no4)cn3)ccc21. The van der Waals surface area contributed by atoms with Crippen LogP contribution in [0, 0.1) is 6.92 Å². The Morgan fingerprint density at radius 3 is 2.61 bits per heavy atom. The van der Waals surface area contributed by atoms with Gasteiger partial charge in [0.1, 0.15) is 11.6 Å². The van der Waals surface area contributed by atoms with E-state index in [1.165, 1.54) is 0 Å². The van der Waals surface area contributed by atoms with E-state index in [0.717, 1.165) is 16.7 Å². The molecule has 0 radical (unpaired) electrons. The quantitative estimate of drug-likeness (QED) is 0.319. The lowest BCUT2D eigenvalue weighted by atomic mass is 9.80. The zero-order valence-corrected chi connectivity index (χ0v) is 20.5. The molecule has 5 rings (SSSR count). The Morgan fingerprint density at radius 2 is 1.92 bits per heavy atom. The molecular weight excluding hydrogens is 459 g/mol. The van der Waals surface area contributed by atoms with Gasteiger partial charge in [-0.2, -0.15) is 4.98 Å². The van der Waals surface area contributed by atoms with Gasteiger partial charge in [-0.25, -0.2) is 9.97 Å². The van der Waals surface area contributed by atoms with Crippen LogP contribution in [0.3, 0.4) is 0 Å². The predicted molar refractivity (Wildman–Crippen MR) is 136 cm³/mol. The summed E-state index contributed by atoms with van der Waals surface area (Å²) in [5.74, 6) is 2.01. The van der Waals surface area contributed by atoms with Crippen molar-refractivity contribution in [2.75, 3.05) is 24.4 Å². The zero-order chi connectivity index (χ0) is 25.3. The molecule has 0 saturated carbocycles. The van der Waals surface area contributed by atoms with E-state index < -0.39 is 12.7 Å². The summed E-state index contributed by atoms with van der Waals surface area (Å²) in [6.07, 6.45) is 1.65. The van der Waals surface area contributed by atoms with E-state index >= 15 is 0 Å². The number of benzene rings is 1. The van der Waals surface area contributed by atoms with Crippen LogP contribution in [0.5, 0.6) is 0 Å². The van der Waals surface area contributed by atoms with Crippen molar-refractivity contribution in [3.05, 3.63) is 71.8 Å². The largest absolute Gasteiger partial charge is 0.496 e. The molecule has 1 aliphatic heterocycles. The molecule has 1 aliphatic rings. The first-order valence-corrected chi connectivity index (χ1v) is 11.6. The van der Waals surface area contributed by atoms with Crippen LogP contribution >= 0.6 is 0 Å². The topological polar surface area (TPSA) is 127 Å². The molecule has 0 spiro atoms. The maximum Gasteiger partial charge on any atom is 0.496 e. The van der Waals surface area contributed by atoms with Crippen molar-refractivity contribution in [3.63, 3.8) is 0 Å². The summed E-state index contributed by atoms with van der Waals surface area (Å²) in [6, 6.07) is 15.0. The van der Waals surface area contributed by atoms with Crippen molar-refractivity contribution in [1.82, 2.24) is 20.1 Å². The molecule has 0 bridgehead atoms. The van der Waals surface area contributed by atoms with Crippen molar-refractivity contribution in [1.29, 1.82) is 0 Å². The van der Waals surface area contributed by atoms with Gasteiger partial charge in [0.15, 0.2) is 5.82 Å². The van der Waals surface area contributed by atoms with Gasteiger partial charge in [-0.1, -0.05) is 41.6 Å². The standard InChI is InChI=1S/C25H27BN6O4/c1-15-28-24(35-32-15)17-13-27-22(12-19(17)29-20(14-33)16-8-6-5-7-9-16)30-21-11-10-18-23(31-21)25(2,3)36-26(18)34-4/h5-13,20,33H,14H2,1-4H3,(H2,27,29,30,31)/t20-/m1/s1. The molecule has 0 saturated heterocycles. The molecule has 4 heterocycles. The Balaban J connectivity index is 1.49. The number of pyridine rings is 2. The average molecular weight is 486 g/mol. The molecule has 10 nitrogen and oxygen atoms in total. The number of aromatic nitrogens is 4. The summed E-state index contributed by atoms with van der Waals surface area (Å²) < 4.78 is 16.8. The molecule has 3 aromatic heterocycles. The Labute approximate surface area is 209 Å². The first-order valence-electron chi connectivity index (χ1n) is 11.6. The van der Waals surface area contributed by atoms with E-state index in [1.807, 2.05) is 62.4 Å². The number of hydrogen-bond acceptors (Lipinski definition) is 10. The molecule has 4 aromatic rings. The fourth-order valence-electron chi connectivity index (χ4n) is 4.23. The van der Waals surface area contributed by atoms with Gasteiger partial charge in [-0.15, -0.1) is 0 Å². The summed E-state index contributed by atoms with van der Waals surface area (Å²) in [4.78, 5) is 13.7. The smallest absolute Gasteiger partial charge is 0.410 e. The van der Waals surface area contributed by atoms with Gasteiger partial charge in [0.2, 0.25) is 0 Å². The minimum absolute atomic E-state index is 0.112. The van der Waals surface area contributed by atoms with Crippen LogP contribution in [0.1, 0.15) is 37.0 Å². The van der Waals surface area contributed by atoms with Gasteiger partial charge in [-0.3, -0.25) is 0 Å². The van der Waals surface area contributed by atoms with Crippen LogP contribution in [-0.2, 0) is 14.9 Å². The number of nitrogens with zero attached hydrogens (tertiary/aromatic N) is 4. The van der Waals surface area contributed by atoms with Crippen LogP contribution in [0.2, 0.25) is 0 Å². The van der Waals surface area contributed by atoms with Crippen LogP contribution in [0.4, 0.5) is 17.3 Å². The van der Waals surface area contributed by atoms with Crippen LogP contribution < -0.4 is 16.1 Å². The number of aryl methyl sites for hydroxylation is 1. The molecule has 0 amide bonds. The van der Waals surface area contributed by atoms with Crippen molar-refractivity contribution in [3.8, 4) is 11.5 Å². The van der Waals surface area contributed by atoms with Gasteiger partial charge in [0, 0.05) is 24.8 Å². The number of hydrogen-bond donors (Lipinski definition) is 3. The summed E-state index contributed by atoms with van der Waals surface area (Å²) >= 11 is 0. The second-order valence-electron chi connectivity index (χ2n) is 9.01. The molecule has 11 heteroatoms. The average Bonchev–Trinajstić information content (AvgIpc) is 3.43. The van der Waals surface area contributed by atoms with Crippen molar-refractivity contribution < 1.29 is 18.9 Å². The second-order valence-corrected chi connectivity index (χ2v) is 9.01. The fraction of sp³-hybridized carbons (Fsp3) is 0.280. The fourth-order valence-corrected chi connectivity index (χ4v) is 4.23. The predicted octanol–water partition coefficient (Wildman–Crippen LogP) is 3.33. The third-order valence-corrected chi connectivity index (χ3v) is 6.00. The molecule has 0 unspecified atom stereocenters. The highest BCUT2D eigenvalue weighted by Crippen LogP contribution is 2.33. The van der Waals surface area contributed by atoms with Crippen molar-refractivity contribution in [2.24, 2.45) is 0 Å². The Hall–Kier alpha value is -3.80. The number of aliphatic hydroxyl groups excluding tert-OH is 1. The van der Waals surface area contributed by atoms with Gasteiger partial charge in [-0.05, 0) is 32.4 Å². The Bertz CT molecular complexity index is 1360. The molecule has 0 aliphatic carbocycles. The van der Waals surface area contributed by atoms with E-state index in [9.17, 15) is 5.11 Å². The Morgan fingerprint density at radius 1 is 1.11 bits per heavy atom. The highest BCUT2D eigenvalue weighted by atomic mass is 16.6. The lowest BCUT2D eigenvalue weighted by Gasteiger charge is -2.21. The second kappa shape index (κ2) is 9.69. The van der Waals surface area contributed by atoms with Crippen LogP contribution in [0.15, 0.2) is 59.3 Å².